The van der Waals surface area contributed by atoms with Crippen LogP contribution >= 0.6 is 0 Å². The number of nitriles is 1. The highest BCUT2D eigenvalue weighted by Gasteiger charge is 2.41. The van der Waals surface area contributed by atoms with E-state index in [9.17, 15) is 0 Å². The van der Waals surface area contributed by atoms with E-state index in [-0.39, 0.29) is 13.2 Å². The van der Waals surface area contributed by atoms with Crippen LogP contribution in [-0.4, -0.2) is 24.9 Å². The van der Waals surface area contributed by atoms with Crippen LogP contribution in [0.3, 0.4) is 0 Å². The quantitative estimate of drug-likeness (QED) is 0.748. The van der Waals surface area contributed by atoms with E-state index in [4.69, 9.17) is 15.1 Å². The van der Waals surface area contributed by atoms with Gasteiger partial charge in [-0.15, -0.1) is 0 Å². The van der Waals surface area contributed by atoms with E-state index in [1.165, 1.54) is 12.8 Å². The first-order valence-electron chi connectivity index (χ1n) is 6.68. The predicted molar refractivity (Wildman–Crippen MR) is 72.6 cm³/mol. The molecule has 1 aliphatic rings. The molecular weight excluding hydrogens is 240 g/mol. The molecule has 0 radical (unpaired) electrons. The molecule has 1 aliphatic carbocycles. The molecule has 0 amide bonds. The van der Waals surface area contributed by atoms with E-state index in [1.807, 2.05) is 30.3 Å². The van der Waals surface area contributed by atoms with Crippen molar-refractivity contribution in [2.75, 3.05) is 19.8 Å². The Morgan fingerprint density at radius 1 is 1.42 bits per heavy atom. The van der Waals surface area contributed by atoms with Crippen molar-refractivity contribution < 1.29 is 9.84 Å². The molecule has 4 heteroatoms. The minimum Gasteiger partial charge on any atom is -0.479 e. The number of aliphatic hydroxyl groups is 1. The Hall–Kier alpha value is -1.57. The summed E-state index contributed by atoms with van der Waals surface area (Å²) in [6.07, 6.45) is 3.32. The van der Waals surface area contributed by atoms with Crippen LogP contribution in [0.1, 0.15) is 24.8 Å². The minimum atomic E-state index is 0.0799. The normalized spacial score (nSPS) is 15.8. The second kappa shape index (κ2) is 6.55. The average molecular weight is 260 g/mol. The number of hydrogen-bond donors (Lipinski definition) is 2. The standard InChI is InChI=1S/C15H20N2O2/c16-7-9-19-14-3-1-2-13(10-14)11-17-12-15(4-5-15)6-8-18/h1-3,10,17-18H,4-6,8-9,11-12H2. The van der Waals surface area contributed by atoms with E-state index in [1.54, 1.807) is 0 Å². The number of hydrogen-bond acceptors (Lipinski definition) is 4. The van der Waals surface area contributed by atoms with Gasteiger partial charge in [0.15, 0.2) is 6.61 Å². The summed E-state index contributed by atoms with van der Waals surface area (Å²) in [5.41, 5.74) is 1.49. The highest BCUT2D eigenvalue weighted by Crippen LogP contribution is 2.47. The van der Waals surface area contributed by atoms with Gasteiger partial charge < -0.3 is 15.2 Å². The molecule has 2 N–H and O–H groups in total. The number of benzene rings is 1. The van der Waals surface area contributed by atoms with Gasteiger partial charge in [-0.3, -0.25) is 0 Å². The maximum atomic E-state index is 9.01. The monoisotopic (exact) mass is 260 g/mol. The van der Waals surface area contributed by atoms with Crippen LogP contribution in [0.2, 0.25) is 0 Å². The highest BCUT2D eigenvalue weighted by atomic mass is 16.5. The molecule has 1 aromatic rings. The van der Waals surface area contributed by atoms with Crippen molar-refractivity contribution in [1.82, 2.24) is 5.32 Å². The Balaban J connectivity index is 1.78. The van der Waals surface area contributed by atoms with Crippen molar-refractivity contribution >= 4 is 0 Å². The van der Waals surface area contributed by atoms with Crippen LogP contribution in [0.5, 0.6) is 5.75 Å². The second-order valence-corrected chi connectivity index (χ2v) is 5.17. The smallest absolute Gasteiger partial charge is 0.174 e. The fraction of sp³-hybridized carbons (Fsp3) is 0.533. The van der Waals surface area contributed by atoms with E-state index in [2.05, 4.69) is 5.32 Å². The molecule has 0 spiro atoms. The lowest BCUT2D eigenvalue weighted by Gasteiger charge is -2.14. The van der Waals surface area contributed by atoms with E-state index in [0.29, 0.717) is 5.41 Å². The Morgan fingerprint density at radius 2 is 2.26 bits per heavy atom. The molecule has 0 bridgehead atoms. The number of ether oxygens (including phenoxy) is 1. The maximum Gasteiger partial charge on any atom is 0.174 e. The van der Waals surface area contributed by atoms with Crippen LogP contribution in [0.25, 0.3) is 0 Å². The van der Waals surface area contributed by atoms with Crippen molar-refractivity contribution in [3.8, 4) is 11.8 Å². The molecule has 0 heterocycles. The van der Waals surface area contributed by atoms with Gasteiger partial charge in [-0.05, 0) is 42.4 Å². The summed E-state index contributed by atoms with van der Waals surface area (Å²) >= 11 is 0. The lowest BCUT2D eigenvalue weighted by atomic mass is 10.0. The summed E-state index contributed by atoms with van der Waals surface area (Å²) < 4.78 is 5.27. The van der Waals surface area contributed by atoms with Gasteiger partial charge in [0.1, 0.15) is 11.8 Å². The van der Waals surface area contributed by atoms with Crippen LogP contribution in [0.15, 0.2) is 24.3 Å². The van der Waals surface area contributed by atoms with Gasteiger partial charge in [0.2, 0.25) is 0 Å². The summed E-state index contributed by atoms with van der Waals surface area (Å²) in [7, 11) is 0. The SMILES string of the molecule is N#CCOc1cccc(CNCC2(CCO)CC2)c1. The molecule has 1 aromatic carbocycles. The summed E-state index contributed by atoms with van der Waals surface area (Å²) in [6, 6.07) is 9.74. The van der Waals surface area contributed by atoms with E-state index >= 15 is 0 Å². The molecule has 0 aliphatic heterocycles. The number of nitrogens with one attached hydrogen (secondary N) is 1. The molecule has 4 nitrogen and oxygen atoms in total. The molecular formula is C15H20N2O2. The first-order valence-corrected chi connectivity index (χ1v) is 6.68. The van der Waals surface area contributed by atoms with Gasteiger partial charge in [-0.25, -0.2) is 0 Å². The lowest BCUT2D eigenvalue weighted by Crippen LogP contribution is -2.24. The second-order valence-electron chi connectivity index (χ2n) is 5.17. The summed E-state index contributed by atoms with van der Waals surface area (Å²) in [5, 5.41) is 20.9. The Kier molecular flexibility index (Phi) is 4.78. The Labute approximate surface area is 114 Å². The van der Waals surface area contributed by atoms with E-state index < -0.39 is 0 Å². The zero-order chi connectivity index (χ0) is 13.6. The first kappa shape index (κ1) is 13.9. The van der Waals surface area contributed by atoms with Crippen LogP contribution in [-0.2, 0) is 6.54 Å². The maximum absolute atomic E-state index is 9.01. The van der Waals surface area contributed by atoms with Crippen LogP contribution in [0.4, 0.5) is 0 Å². The molecule has 1 saturated carbocycles. The lowest BCUT2D eigenvalue weighted by molar-refractivity contribution is 0.245. The van der Waals surface area contributed by atoms with Crippen molar-refractivity contribution in [3.63, 3.8) is 0 Å². The van der Waals surface area contributed by atoms with Gasteiger partial charge in [-0.2, -0.15) is 5.26 Å². The van der Waals surface area contributed by atoms with Gasteiger partial charge in [0, 0.05) is 19.7 Å². The average Bonchev–Trinajstić information content (AvgIpc) is 3.17. The number of aliphatic hydroxyl groups excluding tert-OH is 1. The third-order valence-corrected chi connectivity index (χ3v) is 3.63. The fourth-order valence-electron chi connectivity index (χ4n) is 2.26. The summed E-state index contributed by atoms with van der Waals surface area (Å²) in [6.45, 7) is 2.10. The highest BCUT2D eigenvalue weighted by molar-refractivity contribution is 5.28. The molecule has 19 heavy (non-hydrogen) atoms. The van der Waals surface area contributed by atoms with Gasteiger partial charge in [0.25, 0.3) is 0 Å². The Morgan fingerprint density at radius 3 is 2.95 bits per heavy atom. The van der Waals surface area contributed by atoms with Crippen LogP contribution < -0.4 is 10.1 Å². The molecule has 2 rings (SSSR count). The zero-order valence-electron chi connectivity index (χ0n) is 11.1. The van der Waals surface area contributed by atoms with Crippen molar-refractivity contribution in [1.29, 1.82) is 5.26 Å². The molecule has 1 fully saturated rings. The van der Waals surface area contributed by atoms with Crippen molar-refractivity contribution in [2.24, 2.45) is 5.41 Å². The topological polar surface area (TPSA) is 65.3 Å². The molecule has 0 unspecified atom stereocenters. The largest absolute Gasteiger partial charge is 0.479 e. The van der Waals surface area contributed by atoms with Crippen molar-refractivity contribution in [2.45, 2.75) is 25.8 Å². The summed E-state index contributed by atoms with van der Waals surface area (Å²) in [4.78, 5) is 0. The molecule has 0 aromatic heterocycles. The zero-order valence-corrected chi connectivity index (χ0v) is 11.1. The van der Waals surface area contributed by atoms with Gasteiger partial charge in [0.05, 0.1) is 0 Å². The van der Waals surface area contributed by atoms with Gasteiger partial charge in [-0.1, -0.05) is 12.1 Å². The van der Waals surface area contributed by atoms with Crippen molar-refractivity contribution in [3.05, 3.63) is 29.8 Å². The number of nitrogens with zero attached hydrogens (tertiary/aromatic N) is 1. The number of rotatable bonds is 8. The van der Waals surface area contributed by atoms with Gasteiger partial charge >= 0.3 is 0 Å². The first-order chi connectivity index (χ1) is 9.28. The third kappa shape index (κ3) is 4.23. The molecule has 102 valence electrons. The Bertz CT molecular complexity index is 450. The van der Waals surface area contributed by atoms with E-state index in [0.717, 1.165) is 30.8 Å². The minimum absolute atomic E-state index is 0.0799. The fourth-order valence-corrected chi connectivity index (χ4v) is 2.26. The predicted octanol–water partition coefficient (Wildman–Crippen LogP) is 1.84. The summed E-state index contributed by atoms with van der Waals surface area (Å²) in [5.74, 6) is 0.734. The molecule has 0 atom stereocenters. The van der Waals surface area contributed by atoms with Crippen LogP contribution in [0, 0.1) is 16.7 Å². The third-order valence-electron chi connectivity index (χ3n) is 3.63. The molecule has 0 saturated heterocycles.